The monoisotopic (exact) mass is 461 g/mol. The molecule has 0 unspecified atom stereocenters. The van der Waals surface area contributed by atoms with Crippen molar-refractivity contribution in [1.82, 2.24) is 15.2 Å². The number of Topliss-reactive ketones (excluding diaryl/α,β-unsaturated/α-hetero) is 1. The highest BCUT2D eigenvalue weighted by molar-refractivity contribution is 9.10. The van der Waals surface area contributed by atoms with E-state index in [0.29, 0.717) is 38.2 Å². The first kappa shape index (κ1) is 20.9. The number of amidine groups is 1. The van der Waals surface area contributed by atoms with Gasteiger partial charge in [-0.2, -0.15) is 0 Å². The van der Waals surface area contributed by atoms with Crippen molar-refractivity contribution in [3.8, 4) is 0 Å². The van der Waals surface area contributed by atoms with Gasteiger partial charge in [0.05, 0.1) is 4.47 Å². The van der Waals surface area contributed by atoms with Gasteiger partial charge in [-0.3, -0.25) is 15.2 Å². The molecular formula is C20H21BrFN5O2. The third-order valence-electron chi connectivity index (χ3n) is 4.75. The first-order valence-corrected chi connectivity index (χ1v) is 10.00. The minimum absolute atomic E-state index is 0.177. The van der Waals surface area contributed by atoms with Crippen LogP contribution in [-0.4, -0.2) is 40.6 Å². The molecule has 1 aliphatic rings. The number of urea groups is 1. The van der Waals surface area contributed by atoms with Gasteiger partial charge in [-0.25, -0.2) is 9.18 Å². The van der Waals surface area contributed by atoms with E-state index in [9.17, 15) is 14.0 Å². The molecule has 3 rings (SSSR count). The number of piperidine rings is 1. The lowest BCUT2D eigenvalue weighted by molar-refractivity contribution is -0.117. The first-order chi connectivity index (χ1) is 13.9. The summed E-state index contributed by atoms with van der Waals surface area (Å²) < 4.78 is 13.6. The van der Waals surface area contributed by atoms with Crippen LogP contribution in [0.4, 0.5) is 14.9 Å². The number of ketones is 1. The van der Waals surface area contributed by atoms with E-state index in [-0.39, 0.29) is 28.0 Å². The van der Waals surface area contributed by atoms with Gasteiger partial charge in [0.2, 0.25) is 5.78 Å². The topological polar surface area (TPSA) is 98.2 Å². The Kier molecular flexibility index (Phi) is 6.92. The number of hydrogen-bond donors (Lipinski definition) is 3. The molecule has 1 aromatic heterocycles. The van der Waals surface area contributed by atoms with Gasteiger partial charge in [0.25, 0.3) is 0 Å². The molecule has 1 fully saturated rings. The molecule has 1 aromatic carbocycles. The Morgan fingerprint density at radius 1 is 1.28 bits per heavy atom. The maximum absolute atomic E-state index is 13.3. The number of benzene rings is 1. The van der Waals surface area contributed by atoms with Crippen molar-refractivity contribution in [2.75, 3.05) is 18.4 Å². The number of halogens is 2. The van der Waals surface area contributed by atoms with Crippen molar-refractivity contribution in [2.45, 2.75) is 19.4 Å². The van der Waals surface area contributed by atoms with Crippen LogP contribution >= 0.6 is 15.9 Å². The number of hydrogen-bond acceptors (Lipinski definition) is 4. The number of aromatic nitrogens is 1. The van der Waals surface area contributed by atoms with Gasteiger partial charge in [-0.1, -0.05) is 6.07 Å². The van der Waals surface area contributed by atoms with E-state index in [0.717, 1.165) is 5.56 Å². The molecule has 0 radical (unpaired) electrons. The van der Waals surface area contributed by atoms with Gasteiger partial charge in [-0.05, 0) is 58.6 Å². The number of pyridine rings is 1. The molecule has 9 heteroatoms. The fourth-order valence-corrected chi connectivity index (χ4v) is 3.50. The zero-order valence-electron chi connectivity index (χ0n) is 15.6. The van der Waals surface area contributed by atoms with Crippen LogP contribution in [0.2, 0.25) is 0 Å². The van der Waals surface area contributed by atoms with Crippen molar-refractivity contribution in [3.63, 3.8) is 0 Å². The summed E-state index contributed by atoms with van der Waals surface area (Å²) in [7, 11) is 0. The Hall–Kier alpha value is -2.81. The van der Waals surface area contributed by atoms with E-state index < -0.39 is 5.82 Å². The molecule has 2 amide bonds. The van der Waals surface area contributed by atoms with E-state index >= 15 is 0 Å². The Labute approximate surface area is 176 Å². The molecule has 3 N–H and O–H groups in total. The first-order valence-electron chi connectivity index (χ1n) is 9.20. The highest BCUT2D eigenvalue weighted by Gasteiger charge is 2.29. The van der Waals surface area contributed by atoms with E-state index in [1.807, 2.05) is 12.1 Å². The second-order valence-corrected chi connectivity index (χ2v) is 7.63. The van der Waals surface area contributed by atoms with Crippen LogP contribution in [0.25, 0.3) is 0 Å². The normalized spacial score (nSPS) is 14.3. The number of carbonyl (C=O) groups excluding carboxylic acids is 2. The van der Waals surface area contributed by atoms with Gasteiger partial charge in [0.15, 0.2) is 5.84 Å². The average Bonchev–Trinajstić information content (AvgIpc) is 2.75. The Balaban J connectivity index is 1.46. The predicted molar refractivity (Wildman–Crippen MR) is 111 cm³/mol. The summed E-state index contributed by atoms with van der Waals surface area (Å²) in [5.41, 5.74) is 1.38. The number of likely N-dealkylation sites (tertiary alicyclic amines) is 1. The lowest BCUT2D eigenvalue weighted by Crippen LogP contribution is -2.46. The molecule has 29 heavy (non-hydrogen) atoms. The molecule has 1 aliphatic heterocycles. The molecule has 2 aromatic rings. The van der Waals surface area contributed by atoms with Crippen molar-refractivity contribution in [3.05, 3.63) is 58.6 Å². The third kappa shape index (κ3) is 5.60. The summed E-state index contributed by atoms with van der Waals surface area (Å²) in [5.74, 6) is -1.27. The Morgan fingerprint density at radius 2 is 2.03 bits per heavy atom. The zero-order chi connectivity index (χ0) is 20.8. The van der Waals surface area contributed by atoms with E-state index in [4.69, 9.17) is 5.41 Å². The van der Waals surface area contributed by atoms with Crippen LogP contribution in [0.1, 0.15) is 18.4 Å². The van der Waals surface area contributed by atoms with E-state index in [1.54, 1.807) is 17.3 Å². The van der Waals surface area contributed by atoms with Crippen molar-refractivity contribution in [2.24, 2.45) is 5.92 Å². The van der Waals surface area contributed by atoms with Gasteiger partial charge in [-0.15, -0.1) is 0 Å². The fraction of sp³-hybridized carbons (Fsp3) is 0.300. The summed E-state index contributed by atoms with van der Waals surface area (Å²) in [6.45, 7) is 1.29. The number of nitrogens with one attached hydrogen (secondary N) is 3. The molecule has 0 bridgehead atoms. The van der Waals surface area contributed by atoms with Crippen LogP contribution in [0.5, 0.6) is 0 Å². The number of carbonyl (C=O) groups is 2. The summed E-state index contributed by atoms with van der Waals surface area (Å²) in [5, 5.41) is 13.6. The number of rotatable bonds is 5. The minimum atomic E-state index is -0.414. The van der Waals surface area contributed by atoms with E-state index in [2.05, 4.69) is 31.5 Å². The maximum Gasteiger partial charge on any atom is 0.317 e. The fourth-order valence-electron chi connectivity index (χ4n) is 3.12. The summed E-state index contributed by atoms with van der Waals surface area (Å²) >= 11 is 3.08. The van der Waals surface area contributed by atoms with Crippen LogP contribution in [0, 0.1) is 17.1 Å². The second kappa shape index (κ2) is 9.60. The minimum Gasteiger partial charge on any atom is -0.338 e. The van der Waals surface area contributed by atoms with Crippen LogP contribution in [0.3, 0.4) is 0 Å². The number of nitrogens with zero attached hydrogens (tertiary/aromatic N) is 2. The standard InChI is InChI=1S/C20H21BrFN5O2/c21-16-10-15(3-4-17(16)22)26-19(23)18(28)14-5-8-27(9-6-14)20(29)25-12-13-2-1-7-24-11-13/h1-4,7,10-11,14H,5-6,8-9,12H2,(H2,23,26)(H,25,29). The van der Waals surface area contributed by atoms with Crippen LogP contribution in [0.15, 0.2) is 47.2 Å². The van der Waals surface area contributed by atoms with Gasteiger partial charge in [0.1, 0.15) is 5.82 Å². The van der Waals surface area contributed by atoms with Gasteiger partial charge in [0, 0.05) is 43.6 Å². The smallest absolute Gasteiger partial charge is 0.317 e. The lowest BCUT2D eigenvalue weighted by atomic mass is 9.92. The lowest BCUT2D eigenvalue weighted by Gasteiger charge is -2.31. The van der Waals surface area contributed by atoms with E-state index in [1.165, 1.54) is 18.2 Å². The molecule has 2 heterocycles. The highest BCUT2D eigenvalue weighted by atomic mass is 79.9. The molecular weight excluding hydrogens is 441 g/mol. The van der Waals surface area contributed by atoms with Gasteiger partial charge >= 0.3 is 6.03 Å². The molecule has 1 saturated heterocycles. The molecule has 0 aliphatic carbocycles. The molecule has 0 saturated carbocycles. The molecule has 7 nitrogen and oxygen atoms in total. The van der Waals surface area contributed by atoms with Crippen LogP contribution in [-0.2, 0) is 11.3 Å². The maximum atomic E-state index is 13.3. The predicted octanol–water partition coefficient (Wildman–Crippen LogP) is 3.56. The van der Waals surface area contributed by atoms with Crippen LogP contribution < -0.4 is 10.6 Å². The zero-order valence-corrected chi connectivity index (χ0v) is 17.2. The Morgan fingerprint density at radius 3 is 2.69 bits per heavy atom. The summed E-state index contributed by atoms with van der Waals surface area (Å²) in [4.78, 5) is 30.5. The largest absolute Gasteiger partial charge is 0.338 e. The quantitative estimate of drug-likeness (QED) is 0.468. The summed E-state index contributed by atoms with van der Waals surface area (Å²) in [6.07, 6.45) is 4.37. The average molecular weight is 462 g/mol. The van der Waals surface area contributed by atoms with Crippen molar-refractivity contribution in [1.29, 1.82) is 5.41 Å². The van der Waals surface area contributed by atoms with Crippen molar-refractivity contribution >= 4 is 39.3 Å². The third-order valence-corrected chi connectivity index (χ3v) is 5.36. The molecule has 0 atom stereocenters. The highest BCUT2D eigenvalue weighted by Crippen LogP contribution is 2.22. The Bertz CT molecular complexity index is 901. The SMILES string of the molecule is N=C(Nc1ccc(F)c(Br)c1)C(=O)C1CCN(C(=O)NCc2cccnc2)CC1. The molecule has 152 valence electrons. The van der Waals surface area contributed by atoms with Gasteiger partial charge < -0.3 is 15.5 Å². The number of amides is 2. The number of anilines is 1. The summed E-state index contributed by atoms with van der Waals surface area (Å²) in [6, 6.07) is 7.72. The second-order valence-electron chi connectivity index (χ2n) is 6.77. The molecule has 0 spiro atoms. The van der Waals surface area contributed by atoms with Crippen molar-refractivity contribution < 1.29 is 14.0 Å².